The highest BCUT2D eigenvalue weighted by Gasteiger charge is 2.32. The predicted octanol–water partition coefficient (Wildman–Crippen LogP) is 2.07. The third-order valence-electron chi connectivity index (χ3n) is 4.14. The molecule has 1 aliphatic heterocycles. The molecule has 3 heterocycles. The van der Waals surface area contributed by atoms with E-state index in [1.54, 1.807) is 12.3 Å². The molecular formula is C17H15N5O. The Balaban J connectivity index is 1.74. The van der Waals surface area contributed by atoms with Gasteiger partial charge in [0.15, 0.2) is 0 Å². The number of hydrogen-bond donors (Lipinski definition) is 0. The summed E-state index contributed by atoms with van der Waals surface area (Å²) >= 11 is 0. The minimum Gasteiger partial charge on any atom is -0.331 e. The zero-order valence-electron chi connectivity index (χ0n) is 12.4. The molecule has 6 nitrogen and oxygen atoms in total. The second-order valence-corrected chi connectivity index (χ2v) is 5.49. The van der Waals surface area contributed by atoms with E-state index in [9.17, 15) is 4.79 Å². The summed E-state index contributed by atoms with van der Waals surface area (Å²) < 4.78 is 2.10. The summed E-state index contributed by atoms with van der Waals surface area (Å²) in [5.41, 5.74) is 1.66. The molecule has 23 heavy (non-hydrogen) atoms. The number of hydrogen-bond acceptors (Lipinski definition) is 4. The lowest BCUT2D eigenvalue weighted by molar-refractivity contribution is 0.0584. The van der Waals surface area contributed by atoms with E-state index in [2.05, 4.69) is 31.9 Å². The number of rotatable bonds is 2. The highest BCUT2D eigenvalue weighted by Crippen LogP contribution is 2.30. The molecule has 4 rings (SSSR count). The molecule has 0 fully saturated rings. The summed E-state index contributed by atoms with van der Waals surface area (Å²) in [7, 11) is 0. The van der Waals surface area contributed by atoms with Crippen LogP contribution in [0.15, 0.2) is 61.2 Å². The maximum Gasteiger partial charge on any atom is 0.256 e. The molecule has 6 heteroatoms. The Labute approximate surface area is 133 Å². The van der Waals surface area contributed by atoms with E-state index in [1.807, 2.05) is 29.3 Å². The minimum absolute atomic E-state index is 0.0291. The number of aromatic nitrogens is 4. The van der Waals surface area contributed by atoms with Crippen molar-refractivity contribution < 1.29 is 4.79 Å². The van der Waals surface area contributed by atoms with E-state index in [-0.39, 0.29) is 11.9 Å². The van der Waals surface area contributed by atoms with E-state index < -0.39 is 0 Å². The first-order valence-electron chi connectivity index (χ1n) is 7.45. The predicted molar refractivity (Wildman–Crippen MR) is 83.3 cm³/mol. The first-order chi connectivity index (χ1) is 11.3. The van der Waals surface area contributed by atoms with Gasteiger partial charge in [-0.05, 0) is 11.6 Å². The highest BCUT2D eigenvalue weighted by molar-refractivity contribution is 5.94. The molecule has 114 valence electrons. The summed E-state index contributed by atoms with van der Waals surface area (Å²) in [6.07, 6.45) is 6.78. The van der Waals surface area contributed by atoms with Gasteiger partial charge in [-0.15, -0.1) is 0 Å². The Morgan fingerprint density at radius 2 is 1.96 bits per heavy atom. The van der Waals surface area contributed by atoms with Crippen molar-refractivity contribution in [2.75, 3.05) is 0 Å². The van der Waals surface area contributed by atoms with E-state index in [1.165, 1.54) is 12.4 Å². The summed E-state index contributed by atoms with van der Waals surface area (Å²) in [6.45, 7) is 1.18. The average Bonchev–Trinajstić information content (AvgIpc) is 3.09. The Morgan fingerprint density at radius 3 is 2.74 bits per heavy atom. The van der Waals surface area contributed by atoms with Crippen LogP contribution < -0.4 is 0 Å². The Hall–Kier alpha value is -3.02. The van der Waals surface area contributed by atoms with Gasteiger partial charge in [-0.1, -0.05) is 30.3 Å². The van der Waals surface area contributed by atoms with Gasteiger partial charge in [0.1, 0.15) is 5.82 Å². The molecule has 0 N–H and O–H groups in total. The summed E-state index contributed by atoms with van der Waals surface area (Å²) in [6, 6.07) is 11.7. The second kappa shape index (κ2) is 5.64. The van der Waals surface area contributed by atoms with Crippen LogP contribution >= 0.6 is 0 Å². The lowest BCUT2D eigenvalue weighted by Crippen LogP contribution is -2.41. The molecule has 0 saturated carbocycles. The van der Waals surface area contributed by atoms with Crippen molar-refractivity contribution in [3.63, 3.8) is 0 Å². The summed E-state index contributed by atoms with van der Waals surface area (Å²) in [5.74, 6) is 0.843. The SMILES string of the molecule is O=C(c1ccnnc1)N1Cc2nccn2CC1c1ccccc1. The van der Waals surface area contributed by atoms with Crippen LogP contribution in [0.4, 0.5) is 0 Å². The molecule has 1 aromatic carbocycles. The third-order valence-corrected chi connectivity index (χ3v) is 4.14. The van der Waals surface area contributed by atoms with Crippen molar-refractivity contribution >= 4 is 5.91 Å². The fourth-order valence-corrected chi connectivity index (χ4v) is 2.96. The minimum atomic E-state index is -0.0528. The smallest absolute Gasteiger partial charge is 0.256 e. The van der Waals surface area contributed by atoms with Crippen molar-refractivity contribution in [1.29, 1.82) is 0 Å². The quantitative estimate of drug-likeness (QED) is 0.727. The first kappa shape index (κ1) is 13.6. The van der Waals surface area contributed by atoms with Crippen LogP contribution in [0.25, 0.3) is 0 Å². The van der Waals surface area contributed by atoms with E-state index >= 15 is 0 Å². The normalized spacial score (nSPS) is 16.9. The molecule has 1 unspecified atom stereocenters. The van der Waals surface area contributed by atoms with Gasteiger partial charge in [0.2, 0.25) is 0 Å². The Kier molecular flexibility index (Phi) is 3.34. The molecule has 0 saturated heterocycles. The van der Waals surface area contributed by atoms with Crippen molar-refractivity contribution in [2.24, 2.45) is 0 Å². The molecule has 1 aliphatic rings. The molecule has 1 amide bonds. The Bertz CT molecular complexity index is 815. The van der Waals surface area contributed by atoms with Crippen LogP contribution in [0.1, 0.15) is 27.8 Å². The number of carbonyl (C=O) groups excluding carboxylic acids is 1. The van der Waals surface area contributed by atoms with Gasteiger partial charge < -0.3 is 9.47 Å². The van der Waals surface area contributed by atoms with E-state index in [4.69, 9.17) is 0 Å². The maximum absolute atomic E-state index is 12.9. The lowest BCUT2D eigenvalue weighted by Gasteiger charge is -2.36. The second-order valence-electron chi connectivity index (χ2n) is 5.49. The molecule has 0 bridgehead atoms. The molecule has 0 radical (unpaired) electrons. The van der Waals surface area contributed by atoms with Crippen molar-refractivity contribution in [2.45, 2.75) is 19.1 Å². The van der Waals surface area contributed by atoms with Gasteiger partial charge in [-0.3, -0.25) is 4.79 Å². The first-order valence-corrected chi connectivity index (χ1v) is 7.45. The molecular weight excluding hydrogens is 290 g/mol. The number of benzene rings is 1. The standard InChI is InChI=1S/C17H15N5O/c23-17(14-6-7-19-20-10-14)22-12-16-18-8-9-21(16)11-15(22)13-4-2-1-3-5-13/h1-10,15H,11-12H2. The van der Waals surface area contributed by atoms with Crippen LogP contribution in [-0.2, 0) is 13.1 Å². The number of imidazole rings is 1. The summed E-state index contributed by atoms with van der Waals surface area (Å²) in [5, 5.41) is 7.55. The lowest BCUT2D eigenvalue weighted by atomic mass is 10.0. The van der Waals surface area contributed by atoms with Crippen LogP contribution in [0.5, 0.6) is 0 Å². The number of fused-ring (bicyclic) bond motifs is 1. The largest absolute Gasteiger partial charge is 0.331 e. The Morgan fingerprint density at radius 1 is 1.09 bits per heavy atom. The van der Waals surface area contributed by atoms with Gasteiger partial charge in [0, 0.05) is 18.9 Å². The fourth-order valence-electron chi connectivity index (χ4n) is 2.96. The number of carbonyl (C=O) groups is 1. The van der Waals surface area contributed by atoms with Crippen LogP contribution in [0, 0.1) is 0 Å². The van der Waals surface area contributed by atoms with E-state index in [0.29, 0.717) is 18.7 Å². The van der Waals surface area contributed by atoms with Crippen molar-refractivity contribution in [3.05, 3.63) is 78.1 Å². The third kappa shape index (κ3) is 2.48. The van der Waals surface area contributed by atoms with Gasteiger partial charge >= 0.3 is 0 Å². The van der Waals surface area contributed by atoms with Crippen molar-refractivity contribution in [1.82, 2.24) is 24.6 Å². The molecule has 3 aromatic rings. The molecule has 1 atom stereocenters. The zero-order valence-corrected chi connectivity index (χ0v) is 12.4. The van der Waals surface area contributed by atoms with Crippen molar-refractivity contribution in [3.8, 4) is 0 Å². The van der Waals surface area contributed by atoms with Gasteiger partial charge in [-0.25, -0.2) is 4.98 Å². The monoisotopic (exact) mass is 305 g/mol. The van der Waals surface area contributed by atoms with Crippen LogP contribution in [0.2, 0.25) is 0 Å². The zero-order chi connectivity index (χ0) is 15.6. The van der Waals surface area contributed by atoms with Gasteiger partial charge in [0.05, 0.1) is 30.5 Å². The van der Waals surface area contributed by atoms with Crippen LogP contribution in [-0.4, -0.2) is 30.6 Å². The number of nitrogens with zero attached hydrogens (tertiary/aromatic N) is 5. The molecule has 0 spiro atoms. The highest BCUT2D eigenvalue weighted by atomic mass is 16.2. The molecule has 0 aliphatic carbocycles. The maximum atomic E-state index is 12.9. The average molecular weight is 305 g/mol. The summed E-state index contributed by atoms with van der Waals surface area (Å²) in [4.78, 5) is 19.1. The van der Waals surface area contributed by atoms with E-state index in [0.717, 1.165) is 11.4 Å². The van der Waals surface area contributed by atoms with Gasteiger partial charge in [0.25, 0.3) is 5.91 Å². The number of amides is 1. The fraction of sp³-hybridized carbons (Fsp3) is 0.176. The molecule has 2 aromatic heterocycles. The van der Waals surface area contributed by atoms with Crippen LogP contribution in [0.3, 0.4) is 0 Å². The van der Waals surface area contributed by atoms with Gasteiger partial charge in [-0.2, -0.15) is 10.2 Å². The topological polar surface area (TPSA) is 63.9 Å².